The molecule has 3 N–H and O–H groups in total. The Bertz CT molecular complexity index is 1340. The highest BCUT2D eigenvalue weighted by molar-refractivity contribution is 5.91. The van der Waals surface area contributed by atoms with Crippen LogP contribution in [0.4, 0.5) is 5.95 Å². The molecular formula is C25H26N6O4. The number of hydrogen-bond donors (Lipinski definition) is 2. The molecule has 0 aliphatic heterocycles. The third-order valence-electron chi connectivity index (χ3n) is 4.97. The molecular weight excluding hydrogens is 448 g/mol. The summed E-state index contributed by atoms with van der Waals surface area (Å²) in [4.78, 5) is 37.4. The van der Waals surface area contributed by atoms with Gasteiger partial charge in [-0.05, 0) is 44.0 Å². The van der Waals surface area contributed by atoms with E-state index in [0.29, 0.717) is 16.9 Å². The van der Waals surface area contributed by atoms with Crippen molar-refractivity contribution >= 4 is 29.0 Å². The zero-order chi connectivity index (χ0) is 25.0. The highest BCUT2D eigenvalue weighted by Gasteiger charge is 2.23. The zero-order valence-electron chi connectivity index (χ0n) is 19.7. The smallest absolute Gasteiger partial charge is 0.316 e. The van der Waals surface area contributed by atoms with Gasteiger partial charge in [-0.25, -0.2) is 9.66 Å². The van der Waals surface area contributed by atoms with Crippen LogP contribution < -0.4 is 20.6 Å². The SMILES string of the molecule is CC(C)(C)C(=O)Oc1ccc(COc2nc(NC(=O)Cc3ccccc3)nc3c2ncn3N)cc1. The molecule has 2 aromatic carbocycles. The van der Waals surface area contributed by atoms with Crippen LogP contribution in [0.2, 0.25) is 0 Å². The first-order chi connectivity index (χ1) is 16.7. The van der Waals surface area contributed by atoms with Crippen LogP contribution >= 0.6 is 0 Å². The van der Waals surface area contributed by atoms with E-state index in [2.05, 4.69) is 20.3 Å². The largest absolute Gasteiger partial charge is 0.471 e. The molecule has 4 aromatic rings. The van der Waals surface area contributed by atoms with Crippen molar-refractivity contribution in [2.24, 2.45) is 5.41 Å². The standard InChI is InChI=1S/C25H26N6O4/c1-25(2,3)23(33)35-18-11-9-17(10-12-18)14-34-22-20-21(31(26)15-27-20)29-24(30-22)28-19(32)13-16-7-5-4-6-8-16/h4-12,15H,13-14,26H2,1-3H3,(H,28,29,30,32). The van der Waals surface area contributed by atoms with Gasteiger partial charge in [0.1, 0.15) is 18.7 Å². The number of esters is 1. The Morgan fingerprint density at radius 1 is 1.00 bits per heavy atom. The van der Waals surface area contributed by atoms with Crippen molar-refractivity contribution in [1.29, 1.82) is 0 Å². The molecule has 0 bridgehead atoms. The Morgan fingerprint density at radius 3 is 2.40 bits per heavy atom. The number of nitrogens with two attached hydrogens (primary N) is 1. The molecule has 1 amide bonds. The number of amides is 1. The molecule has 0 atom stereocenters. The first-order valence-corrected chi connectivity index (χ1v) is 11.0. The molecule has 10 nitrogen and oxygen atoms in total. The molecule has 2 aromatic heterocycles. The molecule has 2 heterocycles. The number of hydrogen-bond acceptors (Lipinski definition) is 8. The van der Waals surface area contributed by atoms with Gasteiger partial charge in [0.05, 0.1) is 11.8 Å². The minimum Gasteiger partial charge on any atom is -0.471 e. The lowest BCUT2D eigenvalue weighted by atomic mass is 9.97. The fourth-order valence-electron chi connectivity index (χ4n) is 3.06. The second kappa shape index (κ2) is 9.80. The maximum Gasteiger partial charge on any atom is 0.316 e. The fourth-order valence-corrected chi connectivity index (χ4v) is 3.06. The van der Waals surface area contributed by atoms with E-state index in [1.165, 1.54) is 11.0 Å². The first kappa shape index (κ1) is 23.7. The summed E-state index contributed by atoms with van der Waals surface area (Å²) in [7, 11) is 0. The topological polar surface area (TPSA) is 134 Å². The Morgan fingerprint density at radius 2 is 1.71 bits per heavy atom. The van der Waals surface area contributed by atoms with E-state index < -0.39 is 5.41 Å². The number of ether oxygens (including phenoxy) is 2. The second-order valence-corrected chi connectivity index (χ2v) is 8.96. The lowest BCUT2D eigenvalue weighted by Crippen LogP contribution is -2.25. The number of rotatable bonds is 7. The number of carbonyl (C=O) groups excluding carboxylic acids is 2. The minimum absolute atomic E-state index is 0.0603. The number of imidazole rings is 1. The third kappa shape index (κ3) is 5.91. The molecule has 180 valence electrons. The van der Waals surface area contributed by atoms with Crippen LogP contribution in [0.1, 0.15) is 31.9 Å². The summed E-state index contributed by atoms with van der Waals surface area (Å²) in [5, 5.41) is 2.69. The predicted octanol–water partition coefficient (Wildman–Crippen LogP) is 3.25. The van der Waals surface area contributed by atoms with Gasteiger partial charge >= 0.3 is 5.97 Å². The molecule has 0 unspecified atom stereocenters. The van der Waals surface area contributed by atoms with Gasteiger partial charge in [-0.2, -0.15) is 9.97 Å². The van der Waals surface area contributed by atoms with E-state index in [0.717, 1.165) is 11.1 Å². The molecule has 10 heteroatoms. The number of anilines is 1. The zero-order valence-corrected chi connectivity index (χ0v) is 19.7. The van der Waals surface area contributed by atoms with Gasteiger partial charge in [-0.3, -0.25) is 14.9 Å². The van der Waals surface area contributed by atoms with Crippen molar-refractivity contribution in [1.82, 2.24) is 19.6 Å². The number of carbonyl (C=O) groups is 2. The summed E-state index contributed by atoms with van der Waals surface area (Å²) < 4.78 is 12.5. The lowest BCUT2D eigenvalue weighted by molar-refractivity contribution is -0.143. The second-order valence-electron chi connectivity index (χ2n) is 8.96. The summed E-state index contributed by atoms with van der Waals surface area (Å²) in [5.41, 5.74) is 1.76. The van der Waals surface area contributed by atoms with Crippen molar-refractivity contribution in [3.8, 4) is 11.6 Å². The van der Waals surface area contributed by atoms with Crippen LogP contribution in [0.3, 0.4) is 0 Å². The minimum atomic E-state index is -0.596. The van der Waals surface area contributed by atoms with E-state index in [-0.39, 0.29) is 36.7 Å². The van der Waals surface area contributed by atoms with Gasteiger partial charge in [-0.15, -0.1) is 0 Å². The Balaban J connectivity index is 1.47. The molecule has 0 aliphatic carbocycles. The average Bonchev–Trinajstić information content (AvgIpc) is 3.19. The molecule has 0 saturated heterocycles. The van der Waals surface area contributed by atoms with Crippen LogP contribution in [0.25, 0.3) is 11.2 Å². The van der Waals surface area contributed by atoms with Crippen LogP contribution in [-0.2, 0) is 22.6 Å². The normalized spacial score (nSPS) is 11.3. The average molecular weight is 475 g/mol. The van der Waals surface area contributed by atoms with Crippen molar-refractivity contribution in [2.45, 2.75) is 33.8 Å². The number of nitrogens with zero attached hydrogens (tertiary/aromatic N) is 4. The molecule has 0 fully saturated rings. The number of nitrogens with one attached hydrogen (secondary N) is 1. The van der Waals surface area contributed by atoms with E-state index in [1.54, 1.807) is 45.0 Å². The van der Waals surface area contributed by atoms with E-state index in [9.17, 15) is 9.59 Å². The lowest BCUT2D eigenvalue weighted by Gasteiger charge is -2.16. The van der Waals surface area contributed by atoms with Gasteiger partial charge in [0, 0.05) is 0 Å². The van der Waals surface area contributed by atoms with E-state index >= 15 is 0 Å². The number of nitrogen functional groups attached to an aromatic ring is 1. The quantitative estimate of drug-likeness (QED) is 0.237. The third-order valence-corrected chi connectivity index (χ3v) is 4.97. The summed E-state index contributed by atoms with van der Waals surface area (Å²) in [6.45, 7) is 5.54. The molecule has 35 heavy (non-hydrogen) atoms. The van der Waals surface area contributed by atoms with Gasteiger partial charge < -0.3 is 15.3 Å². The summed E-state index contributed by atoms with van der Waals surface area (Å²) >= 11 is 0. The first-order valence-electron chi connectivity index (χ1n) is 11.0. The Kier molecular flexibility index (Phi) is 6.63. The van der Waals surface area contributed by atoms with Crippen molar-refractivity contribution < 1.29 is 19.1 Å². The van der Waals surface area contributed by atoms with Crippen molar-refractivity contribution in [3.63, 3.8) is 0 Å². The predicted molar refractivity (Wildman–Crippen MR) is 130 cm³/mol. The van der Waals surface area contributed by atoms with E-state index in [4.69, 9.17) is 15.3 Å². The van der Waals surface area contributed by atoms with Gasteiger partial charge in [-0.1, -0.05) is 42.5 Å². The summed E-state index contributed by atoms with van der Waals surface area (Å²) in [6.07, 6.45) is 1.56. The van der Waals surface area contributed by atoms with Crippen molar-refractivity contribution in [3.05, 3.63) is 72.1 Å². The number of benzene rings is 2. The maximum atomic E-state index is 12.5. The molecule has 0 radical (unpaired) electrons. The highest BCUT2D eigenvalue weighted by Crippen LogP contribution is 2.24. The van der Waals surface area contributed by atoms with Gasteiger partial charge in [0.15, 0.2) is 11.2 Å². The van der Waals surface area contributed by atoms with E-state index in [1.807, 2.05) is 30.3 Å². The van der Waals surface area contributed by atoms with Gasteiger partial charge in [0.25, 0.3) is 0 Å². The summed E-state index contributed by atoms with van der Waals surface area (Å²) in [5.74, 6) is 6.01. The Labute approximate surface area is 202 Å². The van der Waals surface area contributed by atoms with Crippen LogP contribution in [0.15, 0.2) is 60.9 Å². The number of aromatic nitrogens is 4. The molecule has 4 rings (SSSR count). The molecule has 0 saturated carbocycles. The Hall–Kier alpha value is -4.47. The summed E-state index contributed by atoms with van der Waals surface area (Å²) in [6, 6.07) is 16.3. The monoisotopic (exact) mass is 474 g/mol. The van der Waals surface area contributed by atoms with Crippen LogP contribution in [0.5, 0.6) is 11.6 Å². The number of fused-ring (bicyclic) bond motifs is 1. The maximum absolute atomic E-state index is 12.5. The van der Waals surface area contributed by atoms with Crippen molar-refractivity contribution in [2.75, 3.05) is 11.2 Å². The van der Waals surface area contributed by atoms with Crippen LogP contribution in [0, 0.1) is 5.41 Å². The molecule has 0 aliphatic rings. The van der Waals surface area contributed by atoms with Gasteiger partial charge in [0.2, 0.25) is 17.7 Å². The molecule has 0 spiro atoms. The van der Waals surface area contributed by atoms with Crippen LogP contribution in [-0.4, -0.2) is 31.5 Å². The highest BCUT2D eigenvalue weighted by atomic mass is 16.5. The fraction of sp³-hybridized carbons (Fsp3) is 0.240.